The van der Waals surface area contributed by atoms with Crippen LogP contribution in [0.4, 0.5) is 0 Å². The lowest BCUT2D eigenvalue weighted by atomic mass is 10.2. The molecule has 30 heavy (non-hydrogen) atoms. The van der Waals surface area contributed by atoms with Crippen LogP contribution in [-0.2, 0) is 9.53 Å². The van der Waals surface area contributed by atoms with E-state index >= 15 is 0 Å². The molecule has 0 fully saturated rings. The highest BCUT2D eigenvalue weighted by Gasteiger charge is 2.17. The van der Waals surface area contributed by atoms with Crippen LogP contribution >= 0.6 is 11.6 Å². The quantitative estimate of drug-likeness (QED) is 0.284. The number of ether oxygens (including phenoxy) is 4. The lowest BCUT2D eigenvalue weighted by molar-refractivity contribution is -0.136. The second kappa shape index (κ2) is 10.9. The molecule has 7 heteroatoms. The molecule has 154 valence electrons. The number of esters is 2. The predicted molar refractivity (Wildman–Crippen MR) is 111 cm³/mol. The van der Waals surface area contributed by atoms with Gasteiger partial charge >= 0.3 is 11.9 Å². The summed E-state index contributed by atoms with van der Waals surface area (Å²) in [6, 6.07) is 22.3. The number of hydrogen-bond donors (Lipinski definition) is 0. The Morgan fingerprint density at radius 3 is 2.17 bits per heavy atom. The fourth-order valence-corrected chi connectivity index (χ4v) is 2.65. The number of hydrogen-bond acceptors (Lipinski definition) is 6. The van der Waals surface area contributed by atoms with E-state index in [0.717, 1.165) is 0 Å². The van der Waals surface area contributed by atoms with Crippen molar-refractivity contribution in [1.29, 1.82) is 0 Å². The third kappa shape index (κ3) is 6.25. The van der Waals surface area contributed by atoms with Crippen LogP contribution in [0.5, 0.6) is 17.2 Å². The standard InChI is InChI=1S/C23H19ClO6/c24-19-11-5-7-13-21(19)29-16-22(25)30-20-12-6-4-10-18(20)23(26)28-15-14-27-17-8-2-1-3-9-17/h1-13H,14-16H2. The summed E-state index contributed by atoms with van der Waals surface area (Å²) in [5.41, 5.74) is 0.128. The lowest BCUT2D eigenvalue weighted by Gasteiger charge is -2.11. The Bertz CT molecular complexity index is 990. The Morgan fingerprint density at radius 2 is 1.40 bits per heavy atom. The minimum atomic E-state index is -0.678. The lowest BCUT2D eigenvalue weighted by Crippen LogP contribution is -2.20. The van der Waals surface area contributed by atoms with Crippen molar-refractivity contribution < 1.29 is 28.5 Å². The fourth-order valence-electron chi connectivity index (χ4n) is 2.46. The molecule has 6 nitrogen and oxygen atoms in total. The number of halogens is 1. The summed E-state index contributed by atoms with van der Waals surface area (Å²) in [6.45, 7) is -0.118. The minimum absolute atomic E-state index is 0.0472. The maximum atomic E-state index is 12.4. The molecule has 0 saturated carbocycles. The molecule has 0 atom stereocenters. The molecule has 3 aromatic carbocycles. The highest BCUT2D eigenvalue weighted by molar-refractivity contribution is 6.32. The van der Waals surface area contributed by atoms with Gasteiger partial charge in [0.15, 0.2) is 6.61 Å². The van der Waals surface area contributed by atoms with E-state index in [2.05, 4.69) is 0 Å². The van der Waals surface area contributed by atoms with Crippen molar-refractivity contribution in [2.45, 2.75) is 0 Å². The summed E-state index contributed by atoms with van der Waals surface area (Å²) in [6.07, 6.45) is 0. The average molecular weight is 427 g/mol. The molecule has 0 bridgehead atoms. The molecule has 3 aromatic rings. The van der Waals surface area contributed by atoms with E-state index in [1.54, 1.807) is 48.5 Å². The molecular weight excluding hydrogens is 408 g/mol. The van der Waals surface area contributed by atoms with Crippen LogP contribution in [0.2, 0.25) is 5.02 Å². The maximum absolute atomic E-state index is 12.4. The van der Waals surface area contributed by atoms with E-state index in [-0.39, 0.29) is 31.1 Å². The van der Waals surface area contributed by atoms with E-state index in [4.69, 9.17) is 30.5 Å². The summed E-state index contributed by atoms with van der Waals surface area (Å²) in [7, 11) is 0. The second-order valence-corrected chi connectivity index (χ2v) is 6.39. The van der Waals surface area contributed by atoms with E-state index in [0.29, 0.717) is 16.5 Å². The van der Waals surface area contributed by atoms with Gasteiger partial charge in [0.25, 0.3) is 0 Å². The van der Waals surface area contributed by atoms with E-state index in [1.807, 2.05) is 18.2 Å². The highest BCUT2D eigenvalue weighted by atomic mass is 35.5. The molecule has 0 spiro atoms. The van der Waals surface area contributed by atoms with Crippen molar-refractivity contribution in [2.75, 3.05) is 19.8 Å². The van der Waals surface area contributed by atoms with Crippen molar-refractivity contribution in [1.82, 2.24) is 0 Å². The fraction of sp³-hybridized carbons (Fsp3) is 0.130. The van der Waals surface area contributed by atoms with Crippen LogP contribution in [0.25, 0.3) is 0 Å². The molecule has 0 amide bonds. The van der Waals surface area contributed by atoms with Gasteiger partial charge in [-0.15, -0.1) is 0 Å². The first-order valence-corrected chi connectivity index (χ1v) is 9.53. The smallest absolute Gasteiger partial charge is 0.349 e. The molecule has 0 aromatic heterocycles. The van der Waals surface area contributed by atoms with Crippen LogP contribution < -0.4 is 14.2 Å². The van der Waals surface area contributed by atoms with Gasteiger partial charge < -0.3 is 18.9 Å². The molecule has 0 aliphatic rings. The van der Waals surface area contributed by atoms with Crippen LogP contribution in [0.3, 0.4) is 0 Å². The maximum Gasteiger partial charge on any atom is 0.349 e. The number of rotatable bonds is 9. The highest BCUT2D eigenvalue weighted by Crippen LogP contribution is 2.23. The number of benzene rings is 3. The van der Waals surface area contributed by atoms with Gasteiger partial charge in [-0.05, 0) is 36.4 Å². The van der Waals surface area contributed by atoms with Crippen molar-refractivity contribution >= 4 is 23.5 Å². The van der Waals surface area contributed by atoms with E-state index in [1.165, 1.54) is 12.1 Å². The van der Waals surface area contributed by atoms with E-state index < -0.39 is 11.9 Å². The average Bonchev–Trinajstić information content (AvgIpc) is 2.77. The summed E-state index contributed by atoms with van der Waals surface area (Å²) in [5.74, 6) is -0.174. The Labute approximate surface area is 178 Å². The molecule has 3 rings (SSSR count). The molecule has 0 aliphatic heterocycles. The van der Waals surface area contributed by atoms with Crippen molar-refractivity contribution in [3.05, 3.63) is 89.4 Å². The van der Waals surface area contributed by atoms with Gasteiger partial charge in [0.1, 0.15) is 36.0 Å². The summed E-state index contributed by atoms with van der Waals surface area (Å²) >= 11 is 5.99. The van der Waals surface area contributed by atoms with Crippen molar-refractivity contribution in [3.8, 4) is 17.2 Å². The van der Waals surface area contributed by atoms with Gasteiger partial charge in [0.2, 0.25) is 0 Å². The zero-order chi connectivity index (χ0) is 21.2. The summed E-state index contributed by atoms with van der Waals surface area (Å²) in [5, 5.41) is 0.381. The van der Waals surface area contributed by atoms with E-state index in [9.17, 15) is 9.59 Å². The van der Waals surface area contributed by atoms with Crippen LogP contribution in [0.15, 0.2) is 78.9 Å². The molecule has 0 heterocycles. The molecular formula is C23H19ClO6. The zero-order valence-corrected chi connectivity index (χ0v) is 16.7. The SMILES string of the molecule is O=C(COc1ccccc1Cl)Oc1ccccc1C(=O)OCCOc1ccccc1. The van der Waals surface area contributed by atoms with Gasteiger partial charge in [-0.3, -0.25) is 0 Å². The molecule has 0 saturated heterocycles. The van der Waals surface area contributed by atoms with Crippen molar-refractivity contribution in [3.63, 3.8) is 0 Å². The molecule has 0 N–H and O–H groups in total. The minimum Gasteiger partial charge on any atom is -0.490 e. The third-order valence-corrected chi connectivity index (χ3v) is 4.15. The number of carbonyl (C=O) groups is 2. The first kappa shape index (κ1) is 21.2. The van der Waals surface area contributed by atoms with Crippen LogP contribution in [0, 0.1) is 0 Å². The normalized spacial score (nSPS) is 10.2. The molecule has 0 aliphatic carbocycles. The van der Waals surface area contributed by atoms with Crippen LogP contribution in [-0.4, -0.2) is 31.8 Å². The Hall–Kier alpha value is -3.51. The number of carbonyl (C=O) groups excluding carboxylic acids is 2. The Morgan fingerprint density at radius 1 is 0.733 bits per heavy atom. The zero-order valence-electron chi connectivity index (χ0n) is 16.0. The Balaban J connectivity index is 1.51. The number of para-hydroxylation sites is 3. The van der Waals surface area contributed by atoms with Gasteiger partial charge in [0.05, 0.1) is 5.02 Å². The van der Waals surface area contributed by atoms with Gasteiger partial charge in [0, 0.05) is 0 Å². The Kier molecular flexibility index (Phi) is 7.69. The topological polar surface area (TPSA) is 71.1 Å². The van der Waals surface area contributed by atoms with Gasteiger partial charge in [-0.2, -0.15) is 0 Å². The predicted octanol–water partition coefficient (Wildman–Crippen LogP) is 4.56. The molecule has 0 unspecified atom stereocenters. The summed E-state index contributed by atoms with van der Waals surface area (Å²) in [4.78, 5) is 24.5. The summed E-state index contributed by atoms with van der Waals surface area (Å²) < 4.78 is 21.3. The molecule has 0 radical (unpaired) electrons. The second-order valence-electron chi connectivity index (χ2n) is 5.99. The van der Waals surface area contributed by atoms with Crippen LogP contribution in [0.1, 0.15) is 10.4 Å². The first-order valence-electron chi connectivity index (χ1n) is 9.15. The largest absolute Gasteiger partial charge is 0.490 e. The monoisotopic (exact) mass is 426 g/mol. The van der Waals surface area contributed by atoms with Crippen molar-refractivity contribution in [2.24, 2.45) is 0 Å². The van der Waals surface area contributed by atoms with Gasteiger partial charge in [-0.1, -0.05) is 54.1 Å². The third-order valence-electron chi connectivity index (χ3n) is 3.84. The first-order chi connectivity index (χ1) is 14.6. The van der Waals surface area contributed by atoms with Gasteiger partial charge in [-0.25, -0.2) is 9.59 Å².